The molecule has 3 fully saturated rings. The third-order valence-electron chi connectivity index (χ3n) is 7.79. The van der Waals surface area contributed by atoms with Crippen molar-refractivity contribution >= 4 is 0 Å². The zero-order chi connectivity index (χ0) is 24.6. The molecule has 37 heavy (non-hydrogen) atoms. The van der Waals surface area contributed by atoms with Crippen molar-refractivity contribution in [3.8, 4) is 11.5 Å². The fraction of sp³-hybridized carbons (Fsp3) is 0.310. The van der Waals surface area contributed by atoms with E-state index < -0.39 is 5.60 Å². The van der Waals surface area contributed by atoms with E-state index in [1.807, 2.05) is 66.7 Å². The van der Waals surface area contributed by atoms with Gasteiger partial charge in [0.15, 0.2) is 18.2 Å². The third kappa shape index (κ3) is 4.82. The number of aliphatic hydroxyl groups is 1. The zero-order valence-electron chi connectivity index (χ0n) is 20.4. The van der Waals surface area contributed by atoms with Crippen LogP contribution in [-0.2, 0) is 12.1 Å². The number of hydrogen-bond donors (Lipinski definition) is 2. The second kappa shape index (κ2) is 10.2. The Kier molecular flexibility index (Phi) is 6.94. The minimum absolute atomic E-state index is 0. The summed E-state index contributed by atoms with van der Waals surface area (Å²) < 4.78 is 12.9. The molecule has 3 saturated heterocycles. The first-order chi connectivity index (χ1) is 17.5. The van der Waals surface area contributed by atoms with Crippen LogP contribution in [0, 0.1) is 5.92 Å². The van der Waals surface area contributed by atoms with Gasteiger partial charge in [0.25, 0.3) is 5.89 Å². The number of piperidine rings is 3. The van der Waals surface area contributed by atoms with E-state index in [1.165, 1.54) is 0 Å². The van der Waals surface area contributed by atoms with Gasteiger partial charge in [-0.1, -0.05) is 71.9 Å². The molecular weight excluding hydrogens is 490 g/mol. The van der Waals surface area contributed by atoms with Gasteiger partial charge in [-0.05, 0) is 23.3 Å². The summed E-state index contributed by atoms with van der Waals surface area (Å²) in [5.41, 5.74) is -0.136. The van der Waals surface area contributed by atoms with Gasteiger partial charge in [0.1, 0.15) is 18.0 Å². The number of phenols is 1. The highest BCUT2D eigenvalue weighted by Crippen LogP contribution is 2.39. The van der Waals surface area contributed by atoms with E-state index >= 15 is 0 Å². The fourth-order valence-electron chi connectivity index (χ4n) is 5.84. The molecule has 7 rings (SSSR count). The van der Waals surface area contributed by atoms with Crippen LogP contribution in [0.2, 0.25) is 0 Å². The Bertz CT molecular complexity index is 1280. The van der Waals surface area contributed by atoms with Crippen LogP contribution < -0.4 is 17.1 Å². The summed E-state index contributed by atoms with van der Waals surface area (Å²) in [6, 6.07) is 25.9. The quantitative estimate of drug-likeness (QED) is 0.357. The first-order valence-corrected chi connectivity index (χ1v) is 12.5. The van der Waals surface area contributed by atoms with Crippen molar-refractivity contribution < 1.29 is 36.4 Å². The lowest BCUT2D eigenvalue weighted by molar-refractivity contribution is -0.959. The smallest absolute Gasteiger partial charge is 0.282 e. The molecule has 1 aromatic heterocycles. The molecule has 1 atom stereocenters. The molecule has 0 amide bonds. The highest BCUT2D eigenvalue weighted by molar-refractivity contribution is 5.42. The molecular formula is C29H30ClN3O4. The van der Waals surface area contributed by atoms with Gasteiger partial charge in [0.05, 0.1) is 13.1 Å². The van der Waals surface area contributed by atoms with Crippen LogP contribution in [0.15, 0.2) is 89.5 Å². The van der Waals surface area contributed by atoms with Gasteiger partial charge in [0, 0.05) is 24.8 Å². The van der Waals surface area contributed by atoms with Crippen molar-refractivity contribution in [2.75, 3.05) is 19.6 Å². The van der Waals surface area contributed by atoms with Crippen molar-refractivity contribution in [1.29, 1.82) is 0 Å². The lowest BCUT2D eigenvalue weighted by Gasteiger charge is -2.51. The maximum absolute atomic E-state index is 12.0. The van der Waals surface area contributed by atoms with Crippen LogP contribution in [0.3, 0.4) is 0 Å². The molecule has 8 heteroatoms. The summed E-state index contributed by atoms with van der Waals surface area (Å²) in [6.45, 7) is 3.51. The topological polar surface area (TPSA) is 88.6 Å². The number of phenolic OH excluding ortho intramolecular Hbond substituents is 1. The van der Waals surface area contributed by atoms with E-state index in [4.69, 9.17) is 14.2 Å². The Morgan fingerprint density at radius 3 is 2.19 bits per heavy atom. The predicted molar refractivity (Wildman–Crippen MR) is 133 cm³/mol. The Labute approximate surface area is 222 Å². The molecule has 0 radical (unpaired) electrons. The van der Waals surface area contributed by atoms with Gasteiger partial charge >= 0.3 is 0 Å². The maximum atomic E-state index is 12.0. The molecule has 4 aromatic rings. The van der Waals surface area contributed by atoms with E-state index in [9.17, 15) is 10.2 Å². The Balaban J connectivity index is 0.00000280. The third-order valence-corrected chi connectivity index (χ3v) is 7.79. The number of rotatable bonds is 7. The molecule has 3 aliphatic rings. The minimum atomic E-state index is -1.51. The first-order valence-electron chi connectivity index (χ1n) is 12.5. The van der Waals surface area contributed by atoms with Gasteiger partial charge in [-0.2, -0.15) is 4.98 Å². The lowest BCUT2D eigenvalue weighted by atomic mass is 9.83. The van der Waals surface area contributed by atoms with E-state index in [0.29, 0.717) is 35.2 Å². The summed E-state index contributed by atoms with van der Waals surface area (Å²) in [7, 11) is 0. The number of ether oxygens (including phenoxy) is 1. The van der Waals surface area contributed by atoms with Crippen LogP contribution in [0.1, 0.15) is 35.7 Å². The monoisotopic (exact) mass is 519 g/mol. The molecule has 0 spiro atoms. The predicted octanol–water partition coefficient (Wildman–Crippen LogP) is 1.25. The van der Waals surface area contributed by atoms with Crippen LogP contribution >= 0.6 is 0 Å². The molecule has 192 valence electrons. The Morgan fingerprint density at radius 2 is 1.57 bits per heavy atom. The number of benzene rings is 3. The molecule has 0 unspecified atom stereocenters. The van der Waals surface area contributed by atoms with E-state index in [2.05, 4.69) is 5.16 Å². The van der Waals surface area contributed by atoms with Gasteiger partial charge < -0.3 is 36.4 Å². The average molecular weight is 520 g/mol. The van der Waals surface area contributed by atoms with Crippen LogP contribution in [0.25, 0.3) is 0 Å². The molecule has 7 nitrogen and oxygen atoms in total. The van der Waals surface area contributed by atoms with Gasteiger partial charge in [-0.15, -0.1) is 0 Å². The second-order valence-electron chi connectivity index (χ2n) is 10.1. The van der Waals surface area contributed by atoms with Crippen molar-refractivity contribution in [3.63, 3.8) is 0 Å². The van der Waals surface area contributed by atoms with Gasteiger partial charge in [-0.25, -0.2) is 0 Å². The summed E-state index contributed by atoms with van der Waals surface area (Å²) in [6.07, 6.45) is 2.22. The van der Waals surface area contributed by atoms with E-state index in [0.717, 1.165) is 37.0 Å². The molecule has 2 bridgehead atoms. The fourth-order valence-corrected chi connectivity index (χ4v) is 5.84. The van der Waals surface area contributed by atoms with E-state index in [-0.39, 0.29) is 30.1 Å². The van der Waals surface area contributed by atoms with E-state index in [1.54, 1.807) is 18.2 Å². The highest BCUT2D eigenvalue weighted by atomic mass is 35.5. The number of halogens is 1. The zero-order valence-corrected chi connectivity index (χ0v) is 21.2. The molecule has 0 saturated carbocycles. The lowest BCUT2D eigenvalue weighted by Crippen LogP contribution is -3.00. The molecule has 3 aliphatic heterocycles. The molecule has 4 heterocycles. The largest absolute Gasteiger partial charge is 1.00 e. The number of aromatic nitrogens is 2. The Morgan fingerprint density at radius 1 is 0.919 bits per heavy atom. The van der Waals surface area contributed by atoms with Gasteiger partial charge in [0.2, 0.25) is 5.82 Å². The van der Waals surface area contributed by atoms with Gasteiger partial charge in [-0.3, -0.25) is 0 Å². The van der Waals surface area contributed by atoms with Crippen molar-refractivity contribution in [2.24, 2.45) is 5.92 Å². The highest BCUT2D eigenvalue weighted by Gasteiger charge is 2.48. The summed E-state index contributed by atoms with van der Waals surface area (Å²) in [5.74, 6) is 2.18. The summed E-state index contributed by atoms with van der Waals surface area (Å²) >= 11 is 0. The van der Waals surface area contributed by atoms with Crippen LogP contribution in [0.4, 0.5) is 0 Å². The van der Waals surface area contributed by atoms with Crippen LogP contribution in [-0.4, -0.2) is 50.6 Å². The summed E-state index contributed by atoms with van der Waals surface area (Å²) in [5, 5.41) is 26.1. The second-order valence-corrected chi connectivity index (χ2v) is 10.1. The maximum Gasteiger partial charge on any atom is 0.282 e. The number of fused-ring (bicyclic) bond motifs is 3. The molecule has 2 N–H and O–H groups in total. The standard InChI is InChI=1S/C29H29N3O4.ClH/c33-24-12-7-13-25(18-24)35-26-19-32(16-14-21(26)15-17-32)20-27-30-28(31-36-27)29(34,22-8-3-1-4-9-22)23-10-5-2-6-11-23;/h1-13,18,21,26,34H,14-17,19-20H2;1H/t21?,26-,32?;/m0./s1. The minimum Gasteiger partial charge on any atom is -1.00 e. The van der Waals surface area contributed by atoms with Crippen molar-refractivity contribution in [1.82, 2.24) is 10.1 Å². The van der Waals surface area contributed by atoms with Crippen molar-refractivity contribution in [2.45, 2.75) is 31.1 Å². The van der Waals surface area contributed by atoms with Crippen molar-refractivity contribution in [3.05, 3.63) is 108 Å². The first kappa shape index (κ1) is 25.3. The molecule has 3 aromatic carbocycles. The number of nitrogens with zero attached hydrogens (tertiary/aromatic N) is 3. The molecule has 0 aliphatic carbocycles. The number of hydrogen-bond acceptors (Lipinski definition) is 6. The normalized spacial score (nSPS) is 22.8. The average Bonchev–Trinajstić information content (AvgIpc) is 3.38. The number of aromatic hydroxyl groups is 1. The number of quaternary nitrogens is 1. The summed E-state index contributed by atoms with van der Waals surface area (Å²) in [4.78, 5) is 4.74. The SMILES string of the molecule is Oc1cccc(O[C@H]2C[N+]3(Cc4nc(C(O)(c5ccccc5)c5ccccc5)no4)CCC2CC3)c1.[Cl-]. The van der Waals surface area contributed by atoms with Crippen LogP contribution in [0.5, 0.6) is 11.5 Å². The Hall–Kier alpha value is -3.39.